The van der Waals surface area contributed by atoms with Gasteiger partial charge in [0.15, 0.2) is 0 Å². The van der Waals surface area contributed by atoms with Gasteiger partial charge < -0.3 is 0 Å². The van der Waals surface area contributed by atoms with Crippen molar-refractivity contribution in [2.75, 3.05) is 6.79 Å². The summed E-state index contributed by atoms with van der Waals surface area (Å²) in [5.41, 5.74) is 4.69. The van der Waals surface area contributed by atoms with Gasteiger partial charge in [-0.25, -0.2) is 0 Å². The molecule has 2 atom stereocenters. The minimum absolute atomic E-state index is 0.0258. The van der Waals surface area contributed by atoms with Gasteiger partial charge in [0.05, 0.1) is 0 Å². The second-order valence-corrected chi connectivity index (χ2v) is 36.2. The molecule has 2 aliphatic rings. The Bertz CT molecular complexity index is 1150. The maximum atomic E-state index is 7.83. The molecule has 2 aliphatic carbocycles. The van der Waals surface area contributed by atoms with Crippen LogP contribution in [0.1, 0.15) is 43.4 Å². The van der Waals surface area contributed by atoms with Gasteiger partial charge in [0.2, 0.25) is 0 Å². The summed E-state index contributed by atoms with van der Waals surface area (Å²) in [7, 11) is 14.0. The van der Waals surface area contributed by atoms with E-state index in [0.29, 0.717) is 0 Å². The summed E-state index contributed by atoms with van der Waals surface area (Å²) in [5.74, 6) is 0.831. The van der Waals surface area contributed by atoms with Crippen molar-refractivity contribution >= 4 is 40.4 Å². The van der Waals surface area contributed by atoms with Crippen LogP contribution in [0.15, 0.2) is 60.7 Å². The summed E-state index contributed by atoms with van der Waals surface area (Å²) in [6, 6.07) is 16.8. The first-order valence-corrected chi connectivity index (χ1v) is 24.6. The van der Waals surface area contributed by atoms with Crippen LogP contribution in [-0.4, -0.2) is 18.3 Å². The van der Waals surface area contributed by atoms with Gasteiger partial charge in [-0.3, -0.25) is 0 Å². The van der Waals surface area contributed by atoms with Crippen molar-refractivity contribution in [3.63, 3.8) is 0 Å². The maximum absolute atomic E-state index is 7.83. The van der Waals surface area contributed by atoms with Crippen molar-refractivity contribution < 1.29 is 25.1 Å². The minimum atomic E-state index is -4.66. The number of rotatable bonds is 6. The Balaban J connectivity index is 1.82. The molecule has 0 heterocycles. The van der Waals surface area contributed by atoms with Crippen molar-refractivity contribution in [1.29, 1.82) is 0 Å². The Morgan fingerprint density at radius 3 is 2.26 bits per heavy atom. The Morgan fingerprint density at radius 1 is 0.935 bits per heavy atom. The standard InChI is InChI=1S/C13H17O2Si.C9H7.C3H6.2ClH.Zr/c1-16(2,3)15-10-14-13-9-8-11-6-4-5-7-12(11)13;1-2-5-9-7-3-6-8(9)4-1;1-3-2;;;/h4-9H,10H2,1-3H3;1-7H;1-2H3;2*1H;/q;;;;;+2/p-2. The molecule has 164 valence electrons. The van der Waals surface area contributed by atoms with Gasteiger partial charge in [0.1, 0.15) is 0 Å². The van der Waals surface area contributed by atoms with Crippen LogP contribution in [0.25, 0.3) is 11.8 Å². The topological polar surface area (TPSA) is 18.5 Å². The van der Waals surface area contributed by atoms with E-state index in [2.05, 4.69) is 94.2 Å². The van der Waals surface area contributed by atoms with Crippen molar-refractivity contribution in [1.82, 2.24) is 0 Å². The Labute approximate surface area is 194 Å². The van der Waals surface area contributed by atoms with Gasteiger partial charge in [-0.1, -0.05) is 0 Å². The zero-order valence-electron chi connectivity index (χ0n) is 18.8. The average Bonchev–Trinajstić information content (AvgIpc) is 3.30. The number of halogens is 2. The molecule has 0 fully saturated rings. The van der Waals surface area contributed by atoms with Crippen LogP contribution >= 0.6 is 17.0 Å². The molecule has 0 aliphatic heterocycles. The fourth-order valence-corrected chi connectivity index (χ4v) is 19.8. The van der Waals surface area contributed by atoms with E-state index in [4.69, 9.17) is 26.2 Å². The van der Waals surface area contributed by atoms with E-state index in [-0.39, 0.29) is 14.0 Å². The number of hydrogen-bond acceptors (Lipinski definition) is 2. The normalized spacial score (nSPS) is 20.3. The molecule has 0 spiro atoms. The number of ether oxygens (including phenoxy) is 1. The molecule has 0 saturated carbocycles. The van der Waals surface area contributed by atoms with Crippen LogP contribution in [-0.2, 0) is 25.1 Å². The van der Waals surface area contributed by atoms with E-state index >= 15 is 0 Å². The molecule has 0 amide bonds. The molecule has 2 nitrogen and oxygen atoms in total. The molecular formula is C25H30Cl2O2SiZr. The van der Waals surface area contributed by atoms with Crippen LogP contribution in [0.3, 0.4) is 0 Å². The number of allylic oxidation sites excluding steroid dienone is 2. The summed E-state index contributed by atoms with van der Waals surface area (Å²) in [6.07, 6.45) is 6.57. The number of hydrogen-bond donors (Lipinski definition) is 0. The molecule has 4 rings (SSSR count). The molecule has 2 unspecified atom stereocenters. The SMILES string of the molecule is C[C](C)=[Zr]([Cl])([Cl])([CH]1C=Cc2ccccc21)[CH]1C=C(OCO[Si](C)(C)C)c2ccccc21. The third kappa shape index (κ3) is 4.04. The van der Waals surface area contributed by atoms with Gasteiger partial charge in [-0.05, 0) is 0 Å². The molecule has 0 saturated heterocycles. The Hall–Kier alpha value is -0.770. The molecule has 6 heteroatoms. The molecule has 0 aromatic heterocycles. The summed E-state index contributed by atoms with van der Waals surface area (Å²) < 4.78 is 13.2. The molecule has 2 aromatic rings. The average molecular weight is 553 g/mol. The van der Waals surface area contributed by atoms with Crippen molar-refractivity contribution in [2.45, 2.75) is 40.7 Å². The third-order valence-corrected chi connectivity index (χ3v) is 30.2. The van der Waals surface area contributed by atoms with Gasteiger partial charge in [0, 0.05) is 0 Å². The van der Waals surface area contributed by atoms with E-state index < -0.39 is 24.2 Å². The predicted octanol–water partition coefficient (Wildman–Crippen LogP) is 7.89. The first-order chi connectivity index (χ1) is 14.5. The van der Waals surface area contributed by atoms with Gasteiger partial charge in [0.25, 0.3) is 0 Å². The second-order valence-electron chi connectivity index (χ2n) is 9.73. The van der Waals surface area contributed by atoms with E-state index in [0.717, 1.165) is 14.5 Å². The monoisotopic (exact) mass is 550 g/mol. The molecule has 2 aromatic carbocycles. The summed E-state index contributed by atoms with van der Waals surface area (Å²) in [6.45, 7) is 10.9. The Kier molecular flexibility index (Phi) is 6.20. The number of fused-ring (bicyclic) bond motifs is 2. The summed E-state index contributed by atoms with van der Waals surface area (Å²) in [4.78, 5) is 0. The fraction of sp³-hybridized carbons (Fsp3) is 0.320. The van der Waals surface area contributed by atoms with Crippen LogP contribution in [0.5, 0.6) is 0 Å². The van der Waals surface area contributed by atoms with Gasteiger partial charge in [-0.2, -0.15) is 0 Å². The third-order valence-electron chi connectivity index (χ3n) is 6.48. The number of benzene rings is 2. The quantitative estimate of drug-likeness (QED) is 0.268. The summed E-state index contributed by atoms with van der Waals surface area (Å²) in [5, 5.41) is 0. The first kappa shape index (κ1) is 23.4. The predicted molar refractivity (Wildman–Crippen MR) is 134 cm³/mol. The van der Waals surface area contributed by atoms with Crippen LogP contribution in [0.2, 0.25) is 19.6 Å². The fourth-order valence-electron chi connectivity index (χ4n) is 4.68. The zero-order chi connectivity index (χ0) is 22.5. The molecule has 0 N–H and O–H groups in total. The van der Waals surface area contributed by atoms with Gasteiger partial charge in [-0.15, -0.1) is 0 Å². The first-order valence-electron chi connectivity index (χ1n) is 10.8. The molecule has 31 heavy (non-hydrogen) atoms. The van der Waals surface area contributed by atoms with E-state index in [1.807, 2.05) is 6.07 Å². The van der Waals surface area contributed by atoms with Gasteiger partial charge >= 0.3 is 196 Å². The second kappa shape index (κ2) is 8.22. The van der Waals surface area contributed by atoms with Crippen molar-refractivity contribution in [3.05, 3.63) is 82.9 Å². The van der Waals surface area contributed by atoms with Crippen LogP contribution in [0, 0.1) is 0 Å². The van der Waals surface area contributed by atoms with E-state index in [9.17, 15) is 0 Å². The van der Waals surface area contributed by atoms with E-state index in [1.54, 1.807) is 0 Å². The molecule has 0 bridgehead atoms. The molecular weight excluding hydrogens is 522 g/mol. The zero-order valence-corrected chi connectivity index (χ0v) is 23.8. The van der Waals surface area contributed by atoms with Crippen molar-refractivity contribution in [2.24, 2.45) is 0 Å². The Morgan fingerprint density at radius 2 is 1.58 bits per heavy atom. The summed E-state index contributed by atoms with van der Waals surface area (Å²) >= 11 is -4.66. The van der Waals surface area contributed by atoms with Crippen LogP contribution in [0.4, 0.5) is 0 Å². The van der Waals surface area contributed by atoms with Crippen LogP contribution < -0.4 is 0 Å². The van der Waals surface area contributed by atoms with Crippen molar-refractivity contribution in [3.8, 4) is 0 Å². The van der Waals surface area contributed by atoms with E-state index in [1.165, 1.54) is 16.7 Å². The molecule has 0 radical (unpaired) electrons.